The molecule has 0 aliphatic rings. The summed E-state index contributed by atoms with van der Waals surface area (Å²) in [7, 11) is 1.60. The van der Waals surface area contributed by atoms with Gasteiger partial charge in [-0.3, -0.25) is 4.57 Å². The topological polar surface area (TPSA) is 64.2 Å². The molecule has 1 N–H and O–H groups in total. The number of nitrogens with zero attached hydrogens (tertiary/aromatic N) is 2. The zero-order valence-corrected chi connectivity index (χ0v) is 9.63. The highest BCUT2D eigenvalue weighted by Crippen LogP contribution is 2.12. The van der Waals surface area contributed by atoms with Gasteiger partial charge in [0.25, 0.3) is 0 Å². The Labute approximate surface area is 102 Å². The fourth-order valence-electron chi connectivity index (χ4n) is 1.70. The van der Waals surface area contributed by atoms with Gasteiger partial charge in [0, 0.05) is 19.4 Å². The minimum absolute atomic E-state index is 0.0988. The van der Waals surface area contributed by atoms with Crippen LogP contribution in [0.4, 0.5) is 4.39 Å². The Bertz CT molecular complexity index is 658. The lowest BCUT2D eigenvalue weighted by atomic mass is 10.1. The zero-order chi connectivity index (χ0) is 13.3. The Balaban J connectivity index is 2.43. The van der Waals surface area contributed by atoms with E-state index in [0.29, 0.717) is 5.56 Å². The fourth-order valence-corrected chi connectivity index (χ4v) is 1.70. The maximum atomic E-state index is 13.0. The average Bonchev–Trinajstić information content (AvgIpc) is 2.63. The van der Waals surface area contributed by atoms with E-state index in [2.05, 4.69) is 0 Å². The first kappa shape index (κ1) is 12.1. The summed E-state index contributed by atoms with van der Waals surface area (Å²) in [4.78, 5) is 22.6. The molecule has 0 atom stereocenters. The van der Waals surface area contributed by atoms with Crippen LogP contribution in [0.3, 0.4) is 0 Å². The molecule has 2 rings (SSSR count). The van der Waals surface area contributed by atoms with Crippen LogP contribution in [0.15, 0.2) is 35.4 Å². The highest BCUT2D eigenvalue weighted by atomic mass is 19.1. The Morgan fingerprint density at radius 3 is 2.67 bits per heavy atom. The Morgan fingerprint density at radius 2 is 2.11 bits per heavy atom. The number of hydrogen-bond donors (Lipinski definition) is 1. The molecule has 0 bridgehead atoms. The van der Waals surface area contributed by atoms with Crippen LogP contribution in [0.25, 0.3) is 0 Å². The number of hydrogen-bond acceptors (Lipinski definition) is 2. The van der Waals surface area contributed by atoms with Gasteiger partial charge in [-0.15, -0.1) is 0 Å². The predicted molar refractivity (Wildman–Crippen MR) is 62.1 cm³/mol. The van der Waals surface area contributed by atoms with Crippen molar-refractivity contribution in [3.63, 3.8) is 0 Å². The van der Waals surface area contributed by atoms with Gasteiger partial charge in [-0.25, -0.2) is 14.0 Å². The van der Waals surface area contributed by atoms with Crippen molar-refractivity contribution in [2.45, 2.75) is 6.54 Å². The number of halogens is 1. The lowest BCUT2D eigenvalue weighted by Crippen LogP contribution is -2.23. The molecule has 1 aromatic heterocycles. The molecule has 0 spiro atoms. The summed E-state index contributed by atoms with van der Waals surface area (Å²) in [6.45, 7) is 0.0988. The molecule has 1 aromatic carbocycles. The smallest absolute Gasteiger partial charge is 0.336 e. The maximum Gasteiger partial charge on any atom is 0.336 e. The molecule has 2 aromatic rings. The predicted octanol–water partition coefficient (Wildman–Crippen LogP) is 1.07. The van der Waals surface area contributed by atoms with E-state index in [9.17, 15) is 14.0 Å². The molecule has 94 valence electrons. The number of carbonyl (C=O) groups is 1. The van der Waals surface area contributed by atoms with Crippen molar-refractivity contribution in [3.05, 3.63) is 58.0 Å². The van der Waals surface area contributed by atoms with Gasteiger partial charge in [-0.1, -0.05) is 6.07 Å². The van der Waals surface area contributed by atoms with Gasteiger partial charge in [0.05, 0.1) is 12.1 Å². The summed E-state index contributed by atoms with van der Waals surface area (Å²) in [5, 5.41) is 8.98. The molecular formula is C12H11FN2O3. The Morgan fingerprint density at radius 1 is 1.39 bits per heavy atom. The molecule has 0 unspecified atom stereocenters. The van der Waals surface area contributed by atoms with E-state index in [1.165, 1.54) is 21.3 Å². The van der Waals surface area contributed by atoms with Crippen molar-refractivity contribution in [2.75, 3.05) is 0 Å². The Kier molecular flexibility index (Phi) is 3.01. The van der Waals surface area contributed by atoms with Crippen molar-refractivity contribution >= 4 is 5.97 Å². The third-order valence-electron chi connectivity index (χ3n) is 2.66. The molecular weight excluding hydrogens is 239 g/mol. The number of benzene rings is 1. The number of rotatable bonds is 3. The summed E-state index contributed by atoms with van der Waals surface area (Å²) >= 11 is 0. The van der Waals surface area contributed by atoms with E-state index < -0.39 is 11.8 Å². The van der Waals surface area contributed by atoms with Crippen molar-refractivity contribution in [2.24, 2.45) is 7.05 Å². The van der Waals surface area contributed by atoms with Gasteiger partial charge < -0.3 is 9.67 Å². The highest BCUT2D eigenvalue weighted by molar-refractivity contribution is 5.89. The minimum atomic E-state index is -1.21. The number of aryl methyl sites for hydroxylation is 1. The number of imidazole rings is 1. The molecule has 0 fully saturated rings. The lowest BCUT2D eigenvalue weighted by molar-refractivity contribution is 0.0695. The second kappa shape index (κ2) is 4.48. The SMILES string of the molecule is Cn1ccn(Cc2ccc(F)cc2C(=O)O)c1=O. The molecule has 6 heteroatoms. The van der Waals surface area contributed by atoms with Crippen molar-refractivity contribution in [3.8, 4) is 0 Å². The lowest BCUT2D eigenvalue weighted by Gasteiger charge is -2.06. The standard InChI is InChI=1S/C12H11FN2O3/c1-14-4-5-15(12(14)18)7-8-2-3-9(13)6-10(8)11(16)17/h2-6H,7H2,1H3,(H,16,17). The maximum absolute atomic E-state index is 13.0. The Hall–Kier alpha value is -2.37. The van der Waals surface area contributed by atoms with Crippen molar-refractivity contribution < 1.29 is 14.3 Å². The van der Waals surface area contributed by atoms with Crippen LogP contribution in [0.1, 0.15) is 15.9 Å². The molecule has 0 radical (unpaired) electrons. The molecule has 0 aliphatic carbocycles. The first-order valence-corrected chi connectivity index (χ1v) is 5.22. The molecule has 1 heterocycles. The van der Waals surface area contributed by atoms with E-state index in [-0.39, 0.29) is 17.8 Å². The van der Waals surface area contributed by atoms with Gasteiger partial charge >= 0.3 is 11.7 Å². The van der Waals surface area contributed by atoms with Gasteiger partial charge in [-0.2, -0.15) is 0 Å². The summed E-state index contributed by atoms with van der Waals surface area (Å²) in [6.07, 6.45) is 3.13. The molecule has 5 nitrogen and oxygen atoms in total. The van der Waals surface area contributed by atoms with E-state index in [4.69, 9.17) is 5.11 Å². The van der Waals surface area contributed by atoms with Crippen LogP contribution in [0.2, 0.25) is 0 Å². The number of carboxylic acids is 1. The number of aromatic carboxylic acids is 1. The van der Waals surface area contributed by atoms with Gasteiger partial charge in [0.15, 0.2) is 0 Å². The first-order chi connectivity index (χ1) is 8.49. The number of carboxylic acid groups (broad SMARTS) is 1. The molecule has 0 aliphatic heterocycles. The zero-order valence-electron chi connectivity index (χ0n) is 9.63. The summed E-state index contributed by atoms with van der Waals surface area (Å²) in [5.74, 6) is -1.83. The van der Waals surface area contributed by atoms with E-state index in [0.717, 1.165) is 6.07 Å². The summed E-state index contributed by atoms with van der Waals surface area (Å²) < 4.78 is 15.7. The highest BCUT2D eigenvalue weighted by Gasteiger charge is 2.12. The van der Waals surface area contributed by atoms with Gasteiger partial charge in [0.2, 0.25) is 0 Å². The third kappa shape index (κ3) is 2.17. The van der Waals surface area contributed by atoms with E-state index in [1.807, 2.05) is 0 Å². The normalized spacial score (nSPS) is 10.6. The number of aromatic nitrogens is 2. The van der Waals surface area contributed by atoms with Crippen molar-refractivity contribution in [1.82, 2.24) is 9.13 Å². The van der Waals surface area contributed by atoms with Crippen LogP contribution in [0, 0.1) is 5.82 Å². The molecule has 0 amide bonds. The monoisotopic (exact) mass is 250 g/mol. The van der Waals surface area contributed by atoms with Crippen LogP contribution in [-0.2, 0) is 13.6 Å². The van der Waals surface area contributed by atoms with Gasteiger partial charge in [0.1, 0.15) is 5.82 Å². The largest absolute Gasteiger partial charge is 0.478 e. The van der Waals surface area contributed by atoms with Crippen LogP contribution >= 0.6 is 0 Å². The second-order valence-electron chi connectivity index (χ2n) is 3.93. The van der Waals surface area contributed by atoms with Crippen molar-refractivity contribution in [1.29, 1.82) is 0 Å². The summed E-state index contributed by atoms with van der Waals surface area (Å²) in [5.41, 5.74) is -0.00128. The quantitative estimate of drug-likeness (QED) is 0.886. The van der Waals surface area contributed by atoms with Gasteiger partial charge in [-0.05, 0) is 17.7 Å². The van der Waals surface area contributed by atoms with E-state index >= 15 is 0 Å². The van der Waals surface area contributed by atoms with Crippen LogP contribution in [0.5, 0.6) is 0 Å². The van der Waals surface area contributed by atoms with Crippen LogP contribution in [-0.4, -0.2) is 20.2 Å². The third-order valence-corrected chi connectivity index (χ3v) is 2.66. The molecule has 0 saturated carbocycles. The van der Waals surface area contributed by atoms with Crippen LogP contribution < -0.4 is 5.69 Å². The molecule has 18 heavy (non-hydrogen) atoms. The minimum Gasteiger partial charge on any atom is -0.478 e. The average molecular weight is 250 g/mol. The first-order valence-electron chi connectivity index (χ1n) is 5.22. The van der Waals surface area contributed by atoms with E-state index in [1.54, 1.807) is 19.4 Å². The molecule has 0 saturated heterocycles. The summed E-state index contributed by atoms with van der Waals surface area (Å²) in [6, 6.07) is 3.50. The fraction of sp³-hybridized carbons (Fsp3) is 0.167. The second-order valence-corrected chi connectivity index (χ2v) is 3.93.